The van der Waals surface area contributed by atoms with Crippen LogP contribution in [0.3, 0.4) is 0 Å². The summed E-state index contributed by atoms with van der Waals surface area (Å²) in [4.78, 5) is 12.7. The van der Waals surface area contributed by atoms with Crippen LogP contribution in [-0.4, -0.2) is 49.8 Å². The molecule has 0 fully saturated rings. The van der Waals surface area contributed by atoms with Crippen LogP contribution in [0.25, 0.3) is 11.6 Å². The average Bonchev–Trinajstić information content (AvgIpc) is 3.30. The number of benzene rings is 2. The normalized spacial score (nSPS) is 24.1. The number of carbonyl (C=O) groups is 1. The van der Waals surface area contributed by atoms with Crippen molar-refractivity contribution in [2.75, 3.05) is 0 Å². The van der Waals surface area contributed by atoms with Crippen molar-refractivity contribution in [2.24, 2.45) is 0 Å². The predicted molar refractivity (Wildman–Crippen MR) is 127 cm³/mol. The molecule has 0 spiro atoms. The molecule has 8 heteroatoms. The van der Waals surface area contributed by atoms with E-state index in [1.165, 1.54) is 18.2 Å². The van der Waals surface area contributed by atoms with Crippen molar-refractivity contribution in [3.05, 3.63) is 64.1 Å². The summed E-state index contributed by atoms with van der Waals surface area (Å²) in [6, 6.07) is 8.29. The van der Waals surface area contributed by atoms with E-state index in [0.29, 0.717) is 29.0 Å². The van der Waals surface area contributed by atoms with Gasteiger partial charge in [-0.25, -0.2) is 4.79 Å². The molecule has 0 aliphatic carbocycles. The molecule has 0 saturated carbocycles. The number of fused-ring (bicyclic) bond motifs is 2. The van der Waals surface area contributed by atoms with E-state index in [1.54, 1.807) is 39.8 Å². The van der Waals surface area contributed by atoms with Gasteiger partial charge in [0.25, 0.3) is 0 Å². The molecule has 0 bridgehead atoms. The zero-order chi connectivity index (χ0) is 25.3. The van der Waals surface area contributed by atoms with E-state index in [0.717, 1.165) is 5.56 Å². The van der Waals surface area contributed by atoms with Crippen molar-refractivity contribution < 1.29 is 39.4 Å². The van der Waals surface area contributed by atoms with Gasteiger partial charge in [0.2, 0.25) is 0 Å². The molecule has 5 rings (SSSR count). The molecule has 8 nitrogen and oxygen atoms in total. The Morgan fingerprint density at radius 1 is 1.06 bits per heavy atom. The van der Waals surface area contributed by atoms with Crippen LogP contribution in [0.1, 0.15) is 49.9 Å². The molecule has 2 atom stereocenters. The van der Waals surface area contributed by atoms with Crippen molar-refractivity contribution in [3.8, 4) is 17.2 Å². The Morgan fingerprint density at radius 2 is 1.77 bits per heavy atom. The van der Waals surface area contributed by atoms with Crippen LogP contribution < -0.4 is 9.47 Å². The summed E-state index contributed by atoms with van der Waals surface area (Å²) >= 11 is 0. The number of aromatic hydroxyl groups is 1. The molecular weight excluding hydrogens is 452 g/mol. The Kier molecular flexibility index (Phi) is 5.16. The second-order valence-corrected chi connectivity index (χ2v) is 10.4. The Labute approximate surface area is 202 Å². The van der Waals surface area contributed by atoms with Gasteiger partial charge in [0.15, 0.2) is 11.5 Å². The third kappa shape index (κ3) is 4.02. The van der Waals surface area contributed by atoms with E-state index in [2.05, 4.69) is 0 Å². The first-order valence-corrected chi connectivity index (χ1v) is 11.5. The Hall–Kier alpha value is -3.49. The van der Waals surface area contributed by atoms with E-state index in [4.69, 9.17) is 14.2 Å². The first-order valence-electron chi connectivity index (χ1n) is 11.5. The second kappa shape index (κ2) is 7.76. The SMILES string of the molecule is CC(C)(O)C1Cc2cc(/C=C3\OC(=O)C(c4cc5c(cc4O)OC(C)(C)C(O)C5)=C3O)ccc2O1. The lowest BCUT2D eigenvalue weighted by molar-refractivity contribution is -0.131. The summed E-state index contributed by atoms with van der Waals surface area (Å²) in [5.74, 6) is -0.397. The molecular formula is C27H28O8. The Bertz CT molecular complexity index is 1290. The van der Waals surface area contributed by atoms with Gasteiger partial charge in [0.05, 0.1) is 11.7 Å². The van der Waals surface area contributed by atoms with E-state index < -0.39 is 29.0 Å². The fourth-order valence-electron chi connectivity index (χ4n) is 4.53. The zero-order valence-electron chi connectivity index (χ0n) is 20.0. The molecule has 2 unspecified atom stereocenters. The molecule has 0 amide bonds. The first-order chi connectivity index (χ1) is 16.3. The number of aliphatic hydroxyl groups is 3. The number of aliphatic hydroxyl groups excluding tert-OH is 2. The number of cyclic esters (lactones) is 1. The summed E-state index contributed by atoms with van der Waals surface area (Å²) in [7, 11) is 0. The lowest BCUT2D eigenvalue weighted by Gasteiger charge is -2.37. The molecule has 0 radical (unpaired) electrons. The molecule has 3 heterocycles. The highest BCUT2D eigenvalue weighted by Crippen LogP contribution is 2.43. The molecule has 35 heavy (non-hydrogen) atoms. The predicted octanol–water partition coefficient (Wildman–Crippen LogP) is 3.41. The number of hydrogen-bond acceptors (Lipinski definition) is 8. The first kappa shape index (κ1) is 23.3. The van der Waals surface area contributed by atoms with Crippen molar-refractivity contribution >= 4 is 17.6 Å². The fourth-order valence-corrected chi connectivity index (χ4v) is 4.53. The maximum Gasteiger partial charge on any atom is 0.348 e. The zero-order valence-corrected chi connectivity index (χ0v) is 20.0. The van der Waals surface area contributed by atoms with Gasteiger partial charge < -0.3 is 34.6 Å². The van der Waals surface area contributed by atoms with Gasteiger partial charge in [-0.1, -0.05) is 6.07 Å². The number of carbonyl (C=O) groups excluding carboxylic acids is 1. The van der Waals surface area contributed by atoms with Crippen molar-refractivity contribution in [3.63, 3.8) is 0 Å². The monoisotopic (exact) mass is 480 g/mol. The Morgan fingerprint density at radius 3 is 2.49 bits per heavy atom. The summed E-state index contributed by atoms with van der Waals surface area (Å²) in [5.41, 5.74) is 0.292. The van der Waals surface area contributed by atoms with Gasteiger partial charge in [-0.3, -0.25) is 0 Å². The van der Waals surface area contributed by atoms with Crippen LogP contribution in [0.15, 0.2) is 41.9 Å². The summed E-state index contributed by atoms with van der Waals surface area (Å²) in [6.07, 6.45) is 1.18. The Balaban J connectivity index is 1.48. The van der Waals surface area contributed by atoms with Crippen LogP contribution >= 0.6 is 0 Å². The van der Waals surface area contributed by atoms with Gasteiger partial charge in [-0.2, -0.15) is 0 Å². The minimum Gasteiger partial charge on any atom is -0.507 e. The lowest BCUT2D eigenvalue weighted by Crippen LogP contribution is -2.46. The van der Waals surface area contributed by atoms with Crippen LogP contribution in [0.5, 0.6) is 17.2 Å². The molecule has 184 valence electrons. The largest absolute Gasteiger partial charge is 0.507 e. The number of phenols is 1. The summed E-state index contributed by atoms with van der Waals surface area (Å²) in [6.45, 7) is 6.89. The minimum atomic E-state index is -0.998. The van der Waals surface area contributed by atoms with Crippen molar-refractivity contribution in [2.45, 2.75) is 63.9 Å². The maximum absolute atomic E-state index is 12.7. The highest BCUT2D eigenvalue weighted by Gasteiger charge is 2.39. The van der Waals surface area contributed by atoms with E-state index in [9.17, 15) is 25.2 Å². The van der Waals surface area contributed by atoms with Crippen molar-refractivity contribution in [1.82, 2.24) is 0 Å². The van der Waals surface area contributed by atoms with Gasteiger partial charge >= 0.3 is 5.97 Å². The second-order valence-electron chi connectivity index (χ2n) is 10.4. The van der Waals surface area contributed by atoms with Crippen LogP contribution in [-0.2, 0) is 22.4 Å². The minimum absolute atomic E-state index is 0.0440. The number of hydrogen-bond donors (Lipinski definition) is 4. The van der Waals surface area contributed by atoms with Crippen LogP contribution in [0.2, 0.25) is 0 Å². The number of ether oxygens (including phenoxy) is 3. The van der Waals surface area contributed by atoms with Crippen LogP contribution in [0, 0.1) is 0 Å². The molecule has 3 aliphatic rings. The molecule has 4 N–H and O–H groups in total. The fraction of sp³-hybridized carbons (Fsp3) is 0.370. The number of esters is 1. The topological polar surface area (TPSA) is 126 Å². The van der Waals surface area contributed by atoms with Crippen LogP contribution in [0.4, 0.5) is 0 Å². The van der Waals surface area contributed by atoms with Crippen molar-refractivity contribution in [1.29, 1.82) is 0 Å². The van der Waals surface area contributed by atoms with Gasteiger partial charge in [0.1, 0.15) is 34.5 Å². The summed E-state index contributed by atoms with van der Waals surface area (Å²) < 4.78 is 17.0. The quantitative estimate of drug-likeness (QED) is 0.493. The lowest BCUT2D eigenvalue weighted by atomic mass is 9.89. The maximum atomic E-state index is 12.7. The van der Waals surface area contributed by atoms with Gasteiger partial charge in [-0.15, -0.1) is 0 Å². The number of phenolic OH excluding ortho intramolecular Hbond substituents is 1. The third-order valence-corrected chi connectivity index (χ3v) is 6.76. The highest BCUT2D eigenvalue weighted by atomic mass is 16.6. The van der Waals surface area contributed by atoms with E-state index in [1.807, 2.05) is 6.07 Å². The third-order valence-electron chi connectivity index (χ3n) is 6.76. The van der Waals surface area contributed by atoms with Gasteiger partial charge in [0, 0.05) is 24.5 Å². The molecule has 2 aromatic rings. The average molecular weight is 481 g/mol. The van der Waals surface area contributed by atoms with E-state index >= 15 is 0 Å². The molecule has 0 saturated heterocycles. The number of rotatable bonds is 3. The van der Waals surface area contributed by atoms with Gasteiger partial charge in [-0.05, 0) is 68.7 Å². The molecule has 2 aromatic carbocycles. The highest BCUT2D eigenvalue weighted by molar-refractivity contribution is 6.21. The smallest absolute Gasteiger partial charge is 0.348 e. The van der Waals surface area contributed by atoms with E-state index in [-0.39, 0.29) is 35.2 Å². The summed E-state index contributed by atoms with van der Waals surface area (Å²) in [5, 5.41) is 42.1. The molecule has 0 aromatic heterocycles. The standard InChI is InChI=1S/C27H28O8/c1-26(2,32)22-11-14-7-13(5-6-18(14)33-22)8-20-24(30)23(25(31)34-20)16-9-15-10-21(29)27(3,4)35-19(15)12-17(16)28/h5-9,12,21-22,28-30,32H,10-11H2,1-4H3/b20-8-. The molecule has 3 aliphatic heterocycles.